The second-order valence-electron chi connectivity index (χ2n) is 7.51. The van der Waals surface area contributed by atoms with Gasteiger partial charge in [0, 0.05) is 11.9 Å². The molecule has 0 aliphatic heterocycles. The van der Waals surface area contributed by atoms with Crippen molar-refractivity contribution in [2.75, 3.05) is 7.11 Å². The van der Waals surface area contributed by atoms with Gasteiger partial charge in [-0.25, -0.2) is 4.79 Å². The van der Waals surface area contributed by atoms with Crippen molar-refractivity contribution in [3.8, 4) is 0 Å². The lowest BCUT2D eigenvalue weighted by molar-refractivity contribution is 0.0602. The summed E-state index contributed by atoms with van der Waals surface area (Å²) in [5.41, 5.74) is 3.47. The molecule has 2 aliphatic carbocycles. The number of carbonyl (C=O) groups is 1. The lowest BCUT2D eigenvalue weighted by Gasteiger charge is -2.41. The summed E-state index contributed by atoms with van der Waals surface area (Å²) in [6.07, 6.45) is 12.6. The predicted octanol–water partition coefficient (Wildman–Crippen LogP) is 4.50. The normalized spacial score (nSPS) is 27.0. The quantitative estimate of drug-likeness (QED) is 0.845. The number of methoxy groups -OCH3 is 1. The fourth-order valence-corrected chi connectivity index (χ4v) is 5.08. The summed E-state index contributed by atoms with van der Waals surface area (Å²) in [4.78, 5) is 19.8. The summed E-state index contributed by atoms with van der Waals surface area (Å²) in [6, 6.07) is 3.85. The average molecular weight is 326 g/mol. The molecule has 0 aromatic carbocycles. The number of aromatic amines is 1. The van der Waals surface area contributed by atoms with E-state index in [0.717, 1.165) is 35.2 Å². The van der Waals surface area contributed by atoms with Crippen molar-refractivity contribution in [3.05, 3.63) is 29.6 Å². The number of nitrogens with zero attached hydrogens (tertiary/aromatic N) is 1. The Morgan fingerprint density at radius 1 is 1.25 bits per heavy atom. The molecule has 0 radical (unpaired) electrons. The second-order valence-corrected chi connectivity index (χ2v) is 7.51. The zero-order valence-corrected chi connectivity index (χ0v) is 14.4. The van der Waals surface area contributed by atoms with E-state index in [0.29, 0.717) is 5.56 Å². The molecule has 0 amide bonds. The Bertz CT molecular complexity index is 734. The number of hydrogen-bond acceptors (Lipinski definition) is 3. The van der Waals surface area contributed by atoms with Crippen LogP contribution >= 0.6 is 0 Å². The number of H-pyrrole nitrogens is 1. The molecule has 2 aliphatic rings. The number of pyridine rings is 1. The van der Waals surface area contributed by atoms with E-state index in [1.807, 2.05) is 0 Å². The summed E-state index contributed by atoms with van der Waals surface area (Å²) >= 11 is 0. The standard InChI is InChI=1S/C20H26N2O2/c1-24-20(23)17-9-10-21-18-12-15(22-19(17)18)11-14-7-4-6-13-5-2-3-8-16(13)14/h9-10,12-14,16,22H,2-8,11H2,1H3. The smallest absolute Gasteiger partial charge is 0.340 e. The van der Waals surface area contributed by atoms with Gasteiger partial charge in [-0.2, -0.15) is 0 Å². The van der Waals surface area contributed by atoms with E-state index in [2.05, 4.69) is 16.0 Å². The number of hydrogen-bond donors (Lipinski definition) is 1. The first kappa shape index (κ1) is 15.7. The molecule has 3 atom stereocenters. The summed E-state index contributed by atoms with van der Waals surface area (Å²) in [7, 11) is 1.42. The molecule has 2 aromatic rings. The van der Waals surface area contributed by atoms with Crippen molar-refractivity contribution in [1.29, 1.82) is 0 Å². The van der Waals surface area contributed by atoms with Crippen LogP contribution in [0.4, 0.5) is 0 Å². The number of fused-ring (bicyclic) bond motifs is 2. The van der Waals surface area contributed by atoms with Crippen molar-refractivity contribution in [3.63, 3.8) is 0 Å². The minimum Gasteiger partial charge on any atom is -0.465 e. The third kappa shape index (κ3) is 2.83. The Hall–Kier alpha value is -1.84. The fraction of sp³-hybridized carbons (Fsp3) is 0.600. The van der Waals surface area contributed by atoms with Crippen LogP contribution in [0.25, 0.3) is 11.0 Å². The monoisotopic (exact) mass is 326 g/mol. The van der Waals surface area contributed by atoms with Gasteiger partial charge >= 0.3 is 5.97 Å². The van der Waals surface area contributed by atoms with Gasteiger partial charge in [-0.3, -0.25) is 4.98 Å². The van der Waals surface area contributed by atoms with Crippen molar-refractivity contribution in [2.24, 2.45) is 17.8 Å². The van der Waals surface area contributed by atoms with Gasteiger partial charge in [-0.15, -0.1) is 0 Å². The number of aromatic nitrogens is 2. The molecule has 0 saturated heterocycles. The Kier molecular flexibility index (Phi) is 4.30. The molecule has 1 N–H and O–H groups in total. The molecule has 0 bridgehead atoms. The van der Waals surface area contributed by atoms with E-state index in [4.69, 9.17) is 4.74 Å². The highest BCUT2D eigenvalue weighted by atomic mass is 16.5. The minimum atomic E-state index is -0.305. The van der Waals surface area contributed by atoms with E-state index in [-0.39, 0.29) is 5.97 Å². The van der Waals surface area contributed by atoms with Crippen molar-refractivity contribution in [2.45, 2.75) is 51.4 Å². The molecule has 2 saturated carbocycles. The zero-order chi connectivity index (χ0) is 16.5. The molecular weight excluding hydrogens is 300 g/mol. The molecule has 2 fully saturated rings. The van der Waals surface area contributed by atoms with Crippen LogP contribution in [0.5, 0.6) is 0 Å². The van der Waals surface area contributed by atoms with Crippen LogP contribution in [0.1, 0.15) is 61.0 Å². The van der Waals surface area contributed by atoms with Gasteiger partial charge in [0.05, 0.1) is 23.7 Å². The SMILES string of the molecule is COC(=O)c1ccnc2cc(CC3CCCC4CCCCC43)[nH]c12. The van der Waals surface area contributed by atoms with E-state index in [9.17, 15) is 4.79 Å². The highest BCUT2D eigenvalue weighted by molar-refractivity contribution is 6.01. The highest BCUT2D eigenvalue weighted by Crippen LogP contribution is 2.45. The molecule has 128 valence electrons. The van der Waals surface area contributed by atoms with Gasteiger partial charge in [0.15, 0.2) is 0 Å². The van der Waals surface area contributed by atoms with Crippen LogP contribution in [-0.4, -0.2) is 23.0 Å². The van der Waals surface area contributed by atoms with Gasteiger partial charge in [0.25, 0.3) is 0 Å². The maximum atomic E-state index is 11.9. The van der Waals surface area contributed by atoms with Crippen LogP contribution in [-0.2, 0) is 11.2 Å². The summed E-state index contributed by atoms with van der Waals surface area (Å²) < 4.78 is 4.89. The summed E-state index contributed by atoms with van der Waals surface area (Å²) in [5, 5.41) is 0. The number of esters is 1. The molecule has 4 rings (SSSR count). The molecule has 2 heterocycles. The number of ether oxygens (including phenoxy) is 1. The molecule has 24 heavy (non-hydrogen) atoms. The van der Waals surface area contributed by atoms with E-state index in [1.165, 1.54) is 57.7 Å². The van der Waals surface area contributed by atoms with Crippen LogP contribution in [0.2, 0.25) is 0 Å². The maximum absolute atomic E-state index is 11.9. The second kappa shape index (κ2) is 6.58. The topological polar surface area (TPSA) is 55.0 Å². The van der Waals surface area contributed by atoms with Crippen LogP contribution in [0.3, 0.4) is 0 Å². The first-order valence-electron chi connectivity index (χ1n) is 9.31. The first-order chi connectivity index (χ1) is 11.8. The molecule has 4 heteroatoms. The molecule has 0 spiro atoms. The molecular formula is C20H26N2O2. The summed E-state index contributed by atoms with van der Waals surface area (Å²) in [5.74, 6) is 2.32. The fourth-order valence-electron chi connectivity index (χ4n) is 5.08. The predicted molar refractivity (Wildman–Crippen MR) is 93.9 cm³/mol. The van der Waals surface area contributed by atoms with Gasteiger partial charge < -0.3 is 9.72 Å². The lowest BCUT2D eigenvalue weighted by atomic mass is 9.64. The molecule has 4 nitrogen and oxygen atoms in total. The zero-order valence-electron chi connectivity index (χ0n) is 14.4. The maximum Gasteiger partial charge on any atom is 0.340 e. The Balaban J connectivity index is 1.59. The lowest BCUT2D eigenvalue weighted by Crippen LogP contribution is -2.32. The van der Waals surface area contributed by atoms with Gasteiger partial charge in [0.2, 0.25) is 0 Å². The Morgan fingerprint density at radius 2 is 2.08 bits per heavy atom. The number of carbonyl (C=O) groups excluding carboxylic acids is 1. The van der Waals surface area contributed by atoms with E-state index in [1.54, 1.807) is 12.3 Å². The van der Waals surface area contributed by atoms with Crippen molar-refractivity contribution in [1.82, 2.24) is 9.97 Å². The third-order valence-corrected chi connectivity index (χ3v) is 6.19. The van der Waals surface area contributed by atoms with Crippen LogP contribution < -0.4 is 0 Å². The Labute approximate surface area is 143 Å². The van der Waals surface area contributed by atoms with Crippen molar-refractivity contribution < 1.29 is 9.53 Å². The van der Waals surface area contributed by atoms with E-state index >= 15 is 0 Å². The van der Waals surface area contributed by atoms with Gasteiger partial charge in [-0.1, -0.05) is 32.1 Å². The van der Waals surface area contributed by atoms with Crippen molar-refractivity contribution >= 4 is 17.0 Å². The third-order valence-electron chi connectivity index (χ3n) is 6.19. The first-order valence-corrected chi connectivity index (χ1v) is 9.31. The van der Waals surface area contributed by atoms with Gasteiger partial charge in [-0.05, 0) is 49.1 Å². The molecule has 3 unspecified atom stereocenters. The van der Waals surface area contributed by atoms with E-state index < -0.39 is 0 Å². The minimum absolute atomic E-state index is 0.305. The summed E-state index contributed by atoms with van der Waals surface area (Å²) in [6.45, 7) is 0. The van der Waals surface area contributed by atoms with Crippen LogP contribution in [0, 0.1) is 17.8 Å². The largest absolute Gasteiger partial charge is 0.465 e. The average Bonchev–Trinajstić information content (AvgIpc) is 3.03. The molecule has 2 aromatic heterocycles. The Morgan fingerprint density at radius 3 is 2.96 bits per heavy atom. The van der Waals surface area contributed by atoms with Crippen LogP contribution in [0.15, 0.2) is 18.3 Å². The number of rotatable bonds is 3. The van der Waals surface area contributed by atoms with Gasteiger partial charge in [0.1, 0.15) is 0 Å². The number of nitrogens with one attached hydrogen (secondary N) is 1. The highest BCUT2D eigenvalue weighted by Gasteiger charge is 2.34.